The van der Waals surface area contributed by atoms with Gasteiger partial charge in [0.15, 0.2) is 0 Å². The molecule has 0 unspecified atom stereocenters. The Morgan fingerprint density at radius 1 is 1.14 bits per heavy atom. The number of carbonyl (C=O) groups excluding carboxylic acids is 1. The molecule has 1 amide bonds. The second-order valence-electron chi connectivity index (χ2n) is 7.40. The van der Waals surface area contributed by atoms with E-state index in [-0.39, 0.29) is 11.7 Å². The molecule has 1 aliphatic carbocycles. The maximum absolute atomic E-state index is 13.2. The molecule has 1 N–H and O–H groups in total. The lowest BCUT2D eigenvalue weighted by molar-refractivity contribution is 0.0680. The fourth-order valence-electron chi connectivity index (χ4n) is 3.99. The molecule has 1 aliphatic rings. The summed E-state index contributed by atoms with van der Waals surface area (Å²) in [6, 6.07) is 12.2. The van der Waals surface area contributed by atoms with Crippen LogP contribution in [0.2, 0.25) is 0 Å². The number of fused-ring (bicyclic) bond motifs is 3. The highest BCUT2D eigenvalue weighted by Crippen LogP contribution is 2.30. The minimum absolute atomic E-state index is 0.0333. The molecule has 0 saturated carbocycles. The van der Waals surface area contributed by atoms with Gasteiger partial charge in [-0.2, -0.15) is 0 Å². The van der Waals surface area contributed by atoms with E-state index in [0.717, 1.165) is 29.3 Å². The predicted molar refractivity (Wildman–Crippen MR) is 108 cm³/mol. The zero-order chi connectivity index (χ0) is 19.5. The molecule has 0 fully saturated rings. The molecule has 146 valence electrons. The van der Waals surface area contributed by atoms with Crippen LogP contribution in [-0.4, -0.2) is 36.1 Å². The highest BCUT2D eigenvalue weighted by Gasteiger charge is 2.20. The van der Waals surface area contributed by atoms with Crippen molar-refractivity contribution in [3.63, 3.8) is 0 Å². The highest BCUT2D eigenvalue weighted by molar-refractivity contribution is 5.99. The second-order valence-corrected chi connectivity index (χ2v) is 7.40. The zero-order valence-corrected chi connectivity index (χ0v) is 16.1. The normalized spacial score (nSPS) is 13.5. The third kappa shape index (κ3) is 3.80. The standard InChI is InChI=1S/C23H25FN2O2/c1-28-13-12-26(15-16-6-9-18(24)10-7-16)23(27)17-8-11-22-20(14-17)19-4-2-3-5-21(19)25-22/h6-11,14,25H,2-5,12-13,15H2,1H3. The SMILES string of the molecule is COCCN(Cc1ccc(F)cc1)C(=O)c1ccc2[nH]c3c(c2c1)CCCC3. The summed E-state index contributed by atoms with van der Waals surface area (Å²) < 4.78 is 18.4. The Bertz CT molecular complexity index is 978. The van der Waals surface area contributed by atoms with Gasteiger partial charge in [0.2, 0.25) is 0 Å². The molecule has 4 nitrogen and oxygen atoms in total. The van der Waals surface area contributed by atoms with Crippen molar-refractivity contribution < 1.29 is 13.9 Å². The zero-order valence-electron chi connectivity index (χ0n) is 16.1. The van der Waals surface area contributed by atoms with Gasteiger partial charge in [-0.05, 0) is 67.1 Å². The number of hydrogen-bond donors (Lipinski definition) is 1. The van der Waals surface area contributed by atoms with Crippen molar-refractivity contribution >= 4 is 16.8 Å². The Labute approximate surface area is 164 Å². The van der Waals surface area contributed by atoms with Crippen LogP contribution in [0.25, 0.3) is 10.9 Å². The number of halogens is 1. The monoisotopic (exact) mass is 380 g/mol. The number of nitrogens with one attached hydrogen (secondary N) is 1. The van der Waals surface area contributed by atoms with Crippen molar-refractivity contribution in [3.05, 3.63) is 70.7 Å². The van der Waals surface area contributed by atoms with Gasteiger partial charge in [0.05, 0.1) is 6.61 Å². The third-order valence-corrected chi connectivity index (χ3v) is 5.48. The van der Waals surface area contributed by atoms with Crippen LogP contribution >= 0.6 is 0 Å². The number of nitrogens with zero attached hydrogens (tertiary/aromatic N) is 1. The summed E-state index contributed by atoms with van der Waals surface area (Å²) in [6.45, 7) is 1.36. The number of rotatable bonds is 6. The van der Waals surface area contributed by atoms with Gasteiger partial charge in [0, 0.05) is 42.4 Å². The molecule has 1 aromatic heterocycles. The molecule has 0 bridgehead atoms. The van der Waals surface area contributed by atoms with Crippen molar-refractivity contribution in [1.82, 2.24) is 9.88 Å². The van der Waals surface area contributed by atoms with Crippen molar-refractivity contribution in [2.24, 2.45) is 0 Å². The number of aryl methyl sites for hydroxylation is 2. The quantitative estimate of drug-likeness (QED) is 0.686. The van der Waals surface area contributed by atoms with E-state index in [0.29, 0.717) is 25.3 Å². The number of amides is 1. The van der Waals surface area contributed by atoms with E-state index in [4.69, 9.17) is 4.74 Å². The van der Waals surface area contributed by atoms with E-state index >= 15 is 0 Å². The molecular weight excluding hydrogens is 355 g/mol. The average molecular weight is 380 g/mol. The number of hydrogen-bond acceptors (Lipinski definition) is 2. The molecule has 0 radical (unpaired) electrons. The van der Waals surface area contributed by atoms with Crippen LogP contribution in [0.4, 0.5) is 4.39 Å². The molecule has 0 saturated heterocycles. The predicted octanol–water partition coefficient (Wildman–Crippen LogP) is 4.47. The van der Waals surface area contributed by atoms with Crippen LogP contribution in [0.1, 0.15) is 40.0 Å². The Morgan fingerprint density at radius 2 is 1.93 bits per heavy atom. The smallest absolute Gasteiger partial charge is 0.254 e. The molecule has 5 heteroatoms. The van der Waals surface area contributed by atoms with Crippen molar-refractivity contribution in [1.29, 1.82) is 0 Å². The van der Waals surface area contributed by atoms with Gasteiger partial charge in [-0.1, -0.05) is 12.1 Å². The van der Waals surface area contributed by atoms with Crippen molar-refractivity contribution in [2.45, 2.75) is 32.2 Å². The van der Waals surface area contributed by atoms with Crippen LogP contribution in [-0.2, 0) is 24.1 Å². The Kier molecular flexibility index (Phi) is 5.44. The van der Waals surface area contributed by atoms with Crippen LogP contribution in [0.5, 0.6) is 0 Å². The molecule has 0 aliphatic heterocycles. The van der Waals surface area contributed by atoms with Gasteiger partial charge < -0.3 is 14.6 Å². The first-order valence-corrected chi connectivity index (χ1v) is 9.82. The number of benzene rings is 2. The Morgan fingerprint density at radius 3 is 2.71 bits per heavy atom. The largest absolute Gasteiger partial charge is 0.383 e. The summed E-state index contributed by atoms with van der Waals surface area (Å²) >= 11 is 0. The van der Waals surface area contributed by atoms with Gasteiger partial charge >= 0.3 is 0 Å². The van der Waals surface area contributed by atoms with Gasteiger partial charge in [-0.25, -0.2) is 4.39 Å². The first-order chi connectivity index (χ1) is 13.7. The van der Waals surface area contributed by atoms with E-state index in [1.807, 2.05) is 18.2 Å². The molecule has 2 aromatic carbocycles. The van der Waals surface area contributed by atoms with Gasteiger partial charge in [-0.15, -0.1) is 0 Å². The fourth-order valence-corrected chi connectivity index (χ4v) is 3.99. The minimum atomic E-state index is -0.277. The average Bonchev–Trinajstić information content (AvgIpc) is 3.10. The molecule has 0 atom stereocenters. The van der Waals surface area contributed by atoms with E-state index in [9.17, 15) is 9.18 Å². The summed E-state index contributed by atoms with van der Waals surface area (Å²) in [5.74, 6) is -0.310. The van der Waals surface area contributed by atoms with Crippen molar-refractivity contribution in [2.75, 3.05) is 20.3 Å². The van der Waals surface area contributed by atoms with Crippen LogP contribution in [0, 0.1) is 5.82 Å². The number of methoxy groups -OCH3 is 1. The summed E-state index contributed by atoms with van der Waals surface area (Å²) in [6.07, 6.45) is 4.56. The lowest BCUT2D eigenvalue weighted by Gasteiger charge is -2.23. The molecular formula is C23H25FN2O2. The maximum atomic E-state index is 13.2. The summed E-state index contributed by atoms with van der Waals surface area (Å²) in [5, 5.41) is 1.16. The summed E-state index contributed by atoms with van der Waals surface area (Å²) in [4.78, 5) is 18.5. The molecule has 4 rings (SSSR count). The maximum Gasteiger partial charge on any atom is 0.254 e. The topological polar surface area (TPSA) is 45.3 Å². The summed E-state index contributed by atoms with van der Waals surface area (Å²) in [7, 11) is 1.62. The number of H-pyrrole nitrogens is 1. The van der Waals surface area contributed by atoms with Crippen molar-refractivity contribution in [3.8, 4) is 0 Å². The van der Waals surface area contributed by atoms with E-state index in [1.54, 1.807) is 24.1 Å². The van der Waals surface area contributed by atoms with Crippen LogP contribution in [0.15, 0.2) is 42.5 Å². The molecule has 28 heavy (non-hydrogen) atoms. The van der Waals surface area contributed by atoms with Crippen LogP contribution in [0.3, 0.4) is 0 Å². The van der Waals surface area contributed by atoms with Gasteiger partial charge in [0.1, 0.15) is 5.82 Å². The first kappa shape index (κ1) is 18.7. The Hall–Kier alpha value is -2.66. The lowest BCUT2D eigenvalue weighted by Crippen LogP contribution is -2.33. The fraction of sp³-hybridized carbons (Fsp3) is 0.348. The molecule has 1 heterocycles. The first-order valence-electron chi connectivity index (χ1n) is 9.82. The molecule has 3 aromatic rings. The summed E-state index contributed by atoms with van der Waals surface area (Å²) in [5.41, 5.74) is 5.35. The van der Waals surface area contributed by atoms with E-state index < -0.39 is 0 Å². The molecule has 0 spiro atoms. The van der Waals surface area contributed by atoms with Gasteiger partial charge in [0.25, 0.3) is 5.91 Å². The number of aromatic nitrogens is 1. The third-order valence-electron chi connectivity index (χ3n) is 5.48. The lowest BCUT2D eigenvalue weighted by atomic mass is 9.95. The van der Waals surface area contributed by atoms with Gasteiger partial charge in [-0.3, -0.25) is 4.79 Å². The van der Waals surface area contributed by atoms with Crippen LogP contribution < -0.4 is 0 Å². The number of aromatic amines is 1. The number of carbonyl (C=O) groups is 1. The Balaban J connectivity index is 1.62. The second kappa shape index (κ2) is 8.15. The highest BCUT2D eigenvalue weighted by atomic mass is 19.1. The van der Waals surface area contributed by atoms with E-state index in [2.05, 4.69) is 4.98 Å². The number of ether oxygens (including phenoxy) is 1. The van der Waals surface area contributed by atoms with E-state index in [1.165, 1.54) is 36.2 Å². The minimum Gasteiger partial charge on any atom is -0.383 e.